The van der Waals surface area contributed by atoms with Crippen molar-refractivity contribution < 1.29 is 13.7 Å². The molecule has 0 fully saturated rings. The van der Waals surface area contributed by atoms with Crippen LogP contribution >= 0.6 is 0 Å². The molecular weight excluding hydrogens is 310 g/mol. The highest BCUT2D eigenvalue weighted by atomic mass is 16.5. The van der Waals surface area contributed by atoms with Crippen molar-refractivity contribution in [2.45, 2.75) is 26.7 Å². The summed E-state index contributed by atoms with van der Waals surface area (Å²) < 4.78 is 9.98. The van der Waals surface area contributed by atoms with Crippen LogP contribution in [0.4, 0.5) is 5.69 Å². The SMILES string of the molecule is Cc1coc(C(C)C)c1C(=O)Nc1cccc(-c2noc(=O)[nH]2)c1. The van der Waals surface area contributed by atoms with Crippen molar-refractivity contribution in [2.75, 3.05) is 5.32 Å². The van der Waals surface area contributed by atoms with E-state index in [2.05, 4.69) is 20.0 Å². The maximum atomic E-state index is 12.6. The number of aryl methyl sites for hydroxylation is 1. The van der Waals surface area contributed by atoms with Gasteiger partial charge in [0.1, 0.15) is 5.76 Å². The Kier molecular flexibility index (Phi) is 4.07. The van der Waals surface area contributed by atoms with E-state index in [-0.39, 0.29) is 11.8 Å². The van der Waals surface area contributed by atoms with Crippen molar-refractivity contribution in [3.8, 4) is 11.4 Å². The molecule has 0 atom stereocenters. The number of hydrogen-bond acceptors (Lipinski definition) is 5. The molecule has 0 aliphatic carbocycles. The van der Waals surface area contributed by atoms with Crippen molar-refractivity contribution in [1.29, 1.82) is 0 Å². The topological polar surface area (TPSA) is 101 Å². The molecule has 2 N–H and O–H groups in total. The van der Waals surface area contributed by atoms with Gasteiger partial charge in [-0.3, -0.25) is 14.3 Å². The molecule has 0 saturated carbocycles. The molecule has 0 radical (unpaired) electrons. The molecule has 0 unspecified atom stereocenters. The first kappa shape index (κ1) is 15.8. The summed E-state index contributed by atoms with van der Waals surface area (Å²) in [5.74, 6) is 0.192. The number of carbonyl (C=O) groups is 1. The molecule has 0 aliphatic rings. The van der Waals surface area contributed by atoms with E-state index in [0.29, 0.717) is 28.4 Å². The summed E-state index contributed by atoms with van der Waals surface area (Å²) in [4.78, 5) is 26.1. The molecule has 0 aliphatic heterocycles. The van der Waals surface area contributed by atoms with Crippen molar-refractivity contribution >= 4 is 11.6 Å². The average Bonchev–Trinajstić information content (AvgIpc) is 3.13. The number of amides is 1. The summed E-state index contributed by atoms with van der Waals surface area (Å²) in [5, 5.41) is 6.48. The number of rotatable bonds is 4. The van der Waals surface area contributed by atoms with Crippen LogP contribution in [0.25, 0.3) is 11.4 Å². The van der Waals surface area contributed by atoms with Gasteiger partial charge in [-0.25, -0.2) is 4.79 Å². The lowest BCUT2D eigenvalue weighted by atomic mass is 10.0. The fourth-order valence-corrected chi connectivity index (χ4v) is 2.47. The molecule has 24 heavy (non-hydrogen) atoms. The minimum Gasteiger partial charge on any atom is -0.468 e. The maximum absolute atomic E-state index is 12.6. The normalized spacial score (nSPS) is 11.0. The Labute approximate surface area is 137 Å². The number of H-pyrrole nitrogens is 1. The largest absolute Gasteiger partial charge is 0.468 e. The van der Waals surface area contributed by atoms with E-state index in [0.717, 1.165) is 5.56 Å². The van der Waals surface area contributed by atoms with Crippen LogP contribution in [0.1, 0.15) is 41.4 Å². The number of carbonyl (C=O) groups excluding carboxylic acids is 1. The van der Waals surface area contributed by atoms with E-state index in [1.807, 2.05) is 20.8 Å². The third kappa shape index (κ3) is 3.01. The quantitative estimate of drug-likeness (QED) is 0.765. The summed E-state index contributed by atoms with van der Waals surface area (Å²) in [6.07, 6.45) is 1.58. The highest BCUT2D eigenvalue weighted by Crippen LogP contribution is 2.26. The van der Waals surface area contributed by atoms with Crippen LogP contribution in [0.5, 0.6) is 0 Å². The Morgan fingerprint density at radius 1 is 1.33 bits per heavy atom. The fraction of sp³-hybridized carbons (Fsp3) is 0.235. The molecule has 2 aromatic heterocycles. The van der Waals surface area contributed by atoms with E-state index in [1.54, 1.807) is 30.5 Å². The third-order valence-electron chi connectivity index (χ3n) is 3.59. The minimum absolute atomic E-state index is 0.103. The molecule has 0 spiro atoms. The summed E-state index contributed by atoms with van der Waals surface area (Å²) in [6.45, 7) is 5.77. The second kappa shape index (κ2) is 6.19. The Hall–Kier alpha value is -3.09. The van der Waals surface area contributed by atoms with Crippen molar-refractivity contribution in [1.82, 2.24) is 10.1 Å². The van der Waals surface area contributed by atoms with E-state index < -0.39 is 5.76 Å². The number of furan rings is 1. The van der Waals surface area contributed by atoms with E-state index in [1.165, 1.54) is 0 Å². The molecule has 0 bridgehead atoms. The average molecular weight is 327 g/mol. The van der Waals surface area contributed by atoms with Gasteiger partial charge in [-0.15, -0.1) is 0 Å². The Morgan fingerprint density at radius 3 is 2.79 bits per heavy atom. The van der Waals surface area contributed by atoms with Gasteiger partial charge in [0.15, 0.2) is 5.82 Å². The highest BCUT2D eigenvalue weighted by Gasteiger charge is 2.21. The zero-order valence-corrected chi connectivity index (χ0v) is 13.5. The van der Waals surface area contributed by atoms with E-state index in [4.69, 9.17) is 4.42 Å². The lowest BCUT2D eigenvalue weighted by molar-refractivity contribution is 0.102. The van der Waals surface area contributed by atoms with Gasteiger partial charge in [0.25, 0.3) is 5.91 Å². The number of anilines is 1. The number of nitrogens with zero attached hydrogens (tertiary/aromatic N) is 1. The highest BCUT2D eigenvalue weighted by molar-refractivity contribution is 6.06. The molecule has 7 heteroatoms. The molecule has 1 aromatic carbocycles. The molecule has 2 heterocycles. The van der Waals surface area contributed by atoms with Crippen LogP contribution in [0.2, 0.25) is 0 Å². The van der Waals surface area contributed by atoms with Gasteiger partial charge in [-0.05, 0) is 19.1 Å². The Morgan fingerprint density at radius 2 is 2.12 bits per heavy atom. The first-order chi connectivity index (χ1) is 11.5. The number of benzene rings is 1. The van der Waals surface area contributed by atoms with Gasteiger partial charge in [-0.1, -0.05) is 31.1 Å². The number of hydrogen-bond donors (Lipinski definition) is 2. The monoisotopic (exact) mass is 327 g/mol. The fourth-order valence-electron chi connectivity index (χ4n) is 2.47. The van der Waals surface area contributed by atoms with E-state index in [9.17, 15) is 9.59 Å². The summed E-state index contributed by atoms with van der Waals surface area (Å²) in [6, 6.07) is 6.97. The summed E-state index contributed by atoms with van der Waals surface area (Å²) in [5.41, 5.74) is 2.54. The molecule has 3 rings (SSSR count). The lowest BCUT2D eigenvalue weighted by Gasteiger charge is -2.09. The van der Waals surface area contributed by atoms with Crippen LogP contribution in [0.15, 0.2) is 44.3 Å². The van der Waals surface area contributed by atoms with Gasteiger partial charge < -0.3 is 9.73 Å². The zero-order chi connectivity index (χ0) is 17.3. The van der Waals surface area contributed by atoms with Gasteiger partial charge >= 0.3 is 5.76 Å². The van der Waals surface area contributed by atoms with Crippen LogP contribution in [0, 0.1) is 6.92 Å². The van der Waals surface area contributed by atoms with E-state index >= 15 is 0 Å². The molecular formula is C17H17N3O4. The van der Waals surface area contributed by atoms with Gasteiger partial charge in [0, 0.05) is 22.7 Å². The standard InChI is InChI=1S/C17H17N3O4/c1-9(2)14-13(10(3)8-23-14)16(21)18-12-6-4-5-11(7-12)15-19-17(22)24-20-15/h4-9H,1-3H3,(H,18,21)(H,19,20,22). The van der Waals surface area contributed by atoms with Crippen LogP contribution in [0.3, 0.4) is 0 Å². The molecule has 0 saturated heterocycles. The zero-order valence-electron chi connectivity index (χ0n) is 13.5. The lowest BCUT2D eigenvalue weighted by Crippen LogP contribution is -2.14. The van der Waals surface area contributed by atoms with Crippen LogP contribution < -0.4 is 11.1 Å². The van der Waals surface area contributed by atoms with Crippen LogP contribution in [-0.2, 0) is 0 Å². The third-order valence-corrected chi connectivity index (χ3v) is 3.59. The van der Waals surface area contributed by atoms with Gasteiger partial charge in [0.05, 0.1) is 11.8 Å². The van der Waals surface area contributed by atoms with Gasteiger partial charge in [-0.2, -0.15) is 0 Å². The van der Waals surface area contributed by atoms with Crippen molar-refractivity contribution in [2.24, 2.45) is 0 Å². The predicted molar refractivity (Wildman–Crippen MR) is 88.0 cm³/mol. The van der Waals surface area contributed by atoms with Crippen molar-refractivity contribution in [3.05, 3.63) is 58.0 Å². The predicted octanol–water partition coefficient (Wildman–Crippen LogP) is 3.31. The molecule has 3 aromatic rings. The number of nitrogens with one attached hydrogen (secondary N) is 2. The second-order valence-corrected chi connectivity index (χ2v) is 5.79. The molecule has 124 valence electrons. The van der Waals surface area contributed by atoms with Crippen molar-refractivity contribution in [3.63, 3.8) is 0 Å². The second-order valence-electron chi connectivity index (χ2n) is 5.79. The number of aromatic amines is 1. The molecule has 7 nitrogen and oxygen atoms in total. The van der Waals surface area contributed by atoms with Gasteiger partial charge in [0.2, 0.25) is 0 Å². The summed E-state index contributed by atoms with van der Waals surface area (Å²) >= 11 is 0. The van der Waals surface area contributed by atoms with Crippen LogP contribution in [-0.4, -0.2) is 16.0 Å². The maximum Gasteiger partial charge on any atom is 0.439 e. The smallest absolute Gasteiger partial charge is 0.439 e. The summed E-state index contributed by atoms with van der Waals surface area (Å²) in [7, 11) is 0. The molecule has 1 amide bonds. The minimum atomic E-state index is -0.630. The first-order valence-corrected chi connectivity index (χ1v) is 7.51. The first-order valence-electron chi connectivity index (χ1n) is 7.51. The number of aromatic nitrogens is 2. The Bertz CT molecular complexity index is 933. The Balaban J connectivity index is 1.88.